The van der Waals surface area contributed by atoms with Gasteiger partial charge in [0, 0.05) is 29.9 Å². The molecule has 35 heavy (non-hydrogen) atoms. The summed E-state index contributed by atoms with van der Waals surface area (Å²) < 4.78 is 35.3. The number of ether oxygens (including phenoxy) is 1. The maximum Gasteiger partial charge on any atom is 0.330 e. The van der Waals surface area contributed by atoms with E-state index in [9.17, 15) is 9.18 Å². The zero-order valence-corrected chi connectivity index (χ0v) is 20.4. The smallest absolute Gasteiger partial charge is 0.330 e. The standard InChI is InChI=1S/C25H32F2N6O2/c1-4-35-20-12-11-19(26)22(21(20)27)32-14-15-13-28-24(29-16-5-7-17(8-6-16)31(2)3)30-23(15)33(25(32)34)18-9-10-18/h11-13,16-18H,4-10,14H2,1-3H3,(H,28,29,30). The molecule has 10 heteroatoms. The Bertz CT molecular complexity index is 1100. The van der Waals surface area contributed by atoms with E-state index in [-0.39, 0.29) is 31.0 Å². The van der Waals surface area contributed by atoms with Crippen molar-refractivity contribution in [2.75, 3.05) is 35.8 Å². The summed E-state index contributed by atoms with van der Waals surface area (Å²) in [4.78, 5) is 27.7. The molecule has 0 bridgehead atoms. The van der Waals surface area contributed by atoms with Crippen molar-refractivity contribution in [1.82, 2.24) is 14.9 Å². The summed E-state index contributed by atoms with van der Waals surface area (Å²) in [5, 5.41) is 3.44. The van der Waals surface area contributed by atoms with Crippen molar-refractivity contribution in [3.05, 3.63) is 35.5 Å². The van der Waals surface area contributed by atoms with E-state index in [1.165, 1.54) is 6.07 Å². The van der Waals surface area contributed by atoms with Crippen LogP contribution in [0, 0.1) is 11.6 Å². The number of nitrogens with zero attached hydrogens (tertiary/aromatic N) is 5. The zero-order chi connectivity index (χ0) is 24.7. The van der Waals surface area contributed by atoms with Gasteiger partial charge in [-0.05, 0) is 71.7 Å². The normalized spacial score (nSPS) is 22.4. The number of hydrogen-bond donors (Lipinski definition) is 1. The molecular formula is C25H32F2N6O2. The van der Waals surface area contributed by atoms with Crippen LogP contribution < -0.4 is 19.9 Å². The van der Waals surface area contributed by atoms with Crippen LogP contribution in [0.1, 0.15) is 51.0 Å². The summed E-state index contributed by atoms with van der Waals surface area (Å²) >= 11 is 0. The van der Waals surface area contributed by atoms with E-state index in [0.717, 1.165) is 49.5 Å². The highest BCUT2D eigenvalue weighted by Gasteiger charge is 2.43. The first-order chi connectivity index (χ1) is 16.9. The highest BCUT2D eigenvalue weighted by atomic mass is 19.1. The first-order valence-electron chi connectivity index (χ1n) is 12.4. The van der Waals surface area contributed by atoms with Crippen LogP contribution in [0.5, 0.6) is 5.75 Å². The van der Waals surface area contributed by atoms with Crippen LogP contribution in [0.3, 0.4) is 0 Å². The number of urea groups is 1. The third-order valence-corrected chi connectivity index (χ3v) is 7.11. The van der Waals surface area contributed by atoms with Crippen LogP contribution in [0.2, 0.25) is 0 Å². The van der Waals surface area contributed by atoms with Gasteiger partial charge in [-0.2, -0.15) is 4.98 Å². The number of aromatic nitrogens is 2. The fraction of sp³-hybridized carbons (Fsp3) is 0.560. The fourth-order valence-corrected chi connectivity index (χ4v) is 5.04. The molecule has 2 fully saturated rings. The van der Waals surface area contributed by atoms with Crippen LogP contribution in [0.4, 0.5) is 31.0 Å². The van der Waals surface area contributed by atoms with E-state index in [4.69, 9.17) is 9.72 Å². The Morgan fingerprint density at radius 1 is 1.14 bits per heavy atom. The Morgan fingerprint density at radius 2 is 1.89 bits per heavy atom. The van der Waals surface area contributed by atoms with Crippen LogP contribution in [0.25, 0.3) is 0 Å². The Morgan fingerprint density at radius 3 is 2.54 bits per heavy atom. The Kier molecular flexibility index (Phi) is 6.48. The molecule has 2 saturated carbocycles. The molecule has 1 aromatic heterocycles. The van der Waals surface area contributed by atoms with Gasteiger partial charge in [0.15, 0.2) is 11.6 Å². The molecule has 0 radical (unpaired) electrons. The number of nitrogens with one attached hydrogen (secondary N) is 1. The predicted molar refractivity (Wildman–Crippen MR) is 130 cm³/mol. The number of hydrogen-bond acceptors (Lipinski definition) is 6. The minimum atomic E-state index is -0.882. The van der Waals surface area contributed by atoms with Gasteiger partial charge in [0.1, 0.15) is 17.3 Å². The largest absolute Gasteiger partial charge is 0.491 e. The number of carbonyl (C=O) groups excluding carboxylic acids is 1. The van der Waals surface area contributed by atoms with Crippen LogP contribution in [0.15, 0.2) is 18.3 Å². The zero-order valence-electron chi connectivity index (χ0n) is 20.4. The minimum Gasteiger partial charge on any atom is -0.491 e. The van der Waals surface area contributed by atoms with Gasteiger partial charge in [-0.25, -0.2) is 18.6 Å². The lowest BCUT2D eigenvalue weighted by atomic mass is 9.91. The quantitative estimate of drug-likeness (QED) is 0.619. The van der Waals surface area contributed by atoms with Crippen molar-refractivity contribution < 1.29 is 18.3 Å². The number of halogens is 2. The number of rotatable bonds is 7. The highest BCUT2D eigenvalue weighted by molar-refractivity contribution is 6.06. The van der Waals surface area contributed by atoms with Gasteiger partial charge in [-0.15, -0.1) is 0 Å². The van der Waals surface area contributed by atoms with E-state index in [2.05, 4.69) is 29.3 Å². The van der Waals surface area contributed by atoms with Crippen molar-refractivity contribution in [1.29, 1.82) is 0 Å². The molecule has 2 heterocycles. The predicted octanol–water partition coefficient (Wildman–Crippen LogP) is 4.55. The van der Waals surface area contributed by atoms with Crippen LogP contribution in [-0.4, -0.2) is 59.7 Å². The summed E-state index contributed by atoms with van der Waals surface area (Å²) in [6.07, 6.45) is 7.57. The summed E-state index contributed by atoms with van der Waals surface area (Å²) in [6, 6.07) is 2.71. The van der Waals surface area contributed by atoms with Crippen molar-refractivity contribution >= 4 is 23.5 Å². The lowest BCUT2D eigenvalue weighted by molar-refractivity contribution is 0.221. The molecule has 8 nitrogen and oxygen atoms in total. The van der Waals surface area contributed by atoms with Crippen molar-refractivity contribution in [3.63, 3.8) is 0 Å². The van der Waals surface area contributed by atoms with Gasteiger partial charge in [0.25, 0.3) is 0 Å². The van der Waals surface area contributed by atoms with E-state index in [1.807, 2.05) is 0 Å². The number of anilines is 3. The van der Waals surface area contributed by atoms with Gasteiger partial charge in [-0.3, -0.25) is 9.80 Å². The lowest BCUT2D eigenvalue weighted by Crippen LogP contribution is -2.49. The number of carbonyl (C=O) groups is 1. The molecule has 1 aromatic carbocycles. The van der Waals surface area contributed by atoms with Gasteiger partial charge in [0.05, 0.1) is 13.2 Å². The second-order valence-corrected chi connectivity index (χ2v) is 9.77. The summed E-state index contributed by atoms with van der Waals surface area (Å²) in [7, 11) is 4.23. The molecule has 0 atom stereocenters. The van der Waals surface area contributed by atoms with Crippen LogP contribution in [-0.2, 0) is 6.54 Å². The molecule has 0 unspecified atom stereocenters. The molecule has 2 amide bonds. The fourth-order valence-electron chi connectivity index (χ4n) is 5.04. The maximum absolute atomic E-state index is 15.2. The topological polar surface area (TPSA) is 73.8 Å². The summed E-state index contributed by atoms with van der Waals surface area (Å²) in [6.45, 7) is 1.93. The molecule has 188 valence electrons. The molecule has 2 aromatic rings. The number of amides is 2. The molecule has 0 spiro atoms. The Balaban J connectivity index is 1.41. The molecule has 5 rings (SSSR count). The SMILES string of the molecule is CCOc1ccc(F)c(N2Cc3cnc(NC4CCC(N(C)C)CC4)nc3N(C3CC3)C2=O)c1F. The molecule has 3 aliphatic rings. The van der Waals surface area contributed by atoms with Crippen molar-refractivity contribution in [3.8, 4) is 5.75 Å². The van der Waals surface area contributed by atoms with Gasteiger partial charge >= 0.3 is 6.03 Å². The molecular weight excluding hydrogens is 454 g/mol. The minimum absolute atomic E-state index is 0.0188. The maximum atomic E-state index is 15.2. The lowest BCUT2D eigenvalue weighted by Gasteiger charge is -2.37. The number of benzene rings is 1. The van der Waals surface area contributed by atoms with Crippen LogP contribution >= 0.6 is 0 Å². The molecule has 1 aliphatic heterocycles. The Labute approximate surface area is 204 Å². The second kappa shape index (κ2) is 9.56. The third kappa shape index (κ3) is 4.63. The van der Waals surface area contributed by atoms with E-state index in [1.54, 1.807) is 18.0 Å². The third-order valence-electron chi connectivity index (χ3n) is 7.11. The van der Waals surface area contributed by atoms with E-state index in [0.29, 0.717) is 23.4 Å². The summed E-state index contributed by atoms with van der Waals surface area (Å²) in [5.74, 6) is -0.770. The first kappa shape index (κ1) is 23.7. The molecule has 0 saturated heterocycles. The number of fused-ring (bicyclic) bond motifs is 1. The average Bonchev–Trinajstić information content (AvgIpc) is 3.67. The Hall–Kier alpha value is -3.01. The first-order valence-corrected chi connectivity index (χ1v) is 12.4. The van der Waals surface area contributed by atoms with Gasteiger partial charge in [0.2, 0.25) is 5.95 Å². The van der Waals surface area contributed by atoms with Crippen molar-refractivity contribution in [2.45, 2.75) is 70.1 Å². The second-order valence-electron chi connectivity index (χ2n) is 9.77. The van der Waals surface area contributed by atoms with E-state index < -0.39 is 23.4 Å². The highest BCUT2D eigenvalue weighted by Crippen LogP contribution is 2.41. The molecule has 2 aliphatic carbocycles. The summed E-state index contributed by atoms with van der Waals surface area (Å²) in [5.41, 5.74) is 0.246. The average molecular weight is 487 g/mol. The van der Waals surface area contributed by atoms with Gasteiger partial charge in [-0.1, -0.05) is 0 Å². The van der Waals surface area contributed by atoms with Crippen molar-refractivity contribution in [2.24, 2.45) is 0 Å². The molecule has 1 N–H and O–H groups in total. The van der Waals surface area contributed by atoms with Gasteiger partial charge < -0.3 is 15.0 Å². The monoisotopic (exact) mass is 486 g/mol. The van der Waals surface area contributed by atoms with E-state index >= 15 is 4.39 Å².